The molecule has 0 fully saturated rings. The summed E-state index contributed by atoms with van der Waals surface area (Å²) in [7, 11) is -8.55. The van der Waals surface area contributed by atoms with E-state index in [0.29, 0.717) is 12.2 Å². The van der Waals surface area contributed by atoms with Crippen molar-refractivity contribution in [3.05, 3.63) is 59.7 Å². The zero-order valence-corrected chi connectivity index (χ0v) is 14.8. The van der Waals surface area contributed by atoms with Crippen LogP contribution in [0.5, 0.6) is 5.75 Å². The minimum absolute atomic E-state index is 0. The first-order valence-electron chi connectivity index (χ1n) is 7.15. The quantitative estimate of drug-likeness (QED) is 0.629. The molecule has 0 radical (unpaired) electrons. The Bertz CT molecular complexity index is 703. The number of halogens is 6. The van der Waals surface area contributed by atoms with Crippen LogP contribution in [0.3, 0.4) is 0 Å². The molecule has 10 heteroatoms. The average molecular weight is 400 g/mol. The van der Waals surface area contributed by atoms with Crippen LogP contribution in [0.1, 0.15) is 22.8 Å². The van der Waals surface area contributed by atoms with Crippen LogP contribution in [-0.4, -0.2) is 12.5 Å². The van der Waals surface area contributed by atoms with Crippen LogP contribution < -0.4 is 14.8 Å². The molecule has 0 aliphatic heterocycles. The fourth-order valence-corrected chi connectivity index (χ4v) is 1.78. The summed E-state index contributed by atoms with van der Waals surface area (Å²) in [6.45, 7) is 4.53. The van der Waals surface area contributed by atoms with Crippen LogP contribution in [0.4, 0.5) is 26.7 Å². The van der Waals surface area contributed by atoms with Crippen LogP contribution in [-0.2, 0) is 0 Å². The number of benzene rings is 2. The normalized spacial score (nSPS) is 11.7. The number of ether oxygens (including phenoxy) is 1. The van der Waals surface area contributed by atoms with Crippen LogP contribution in [0.15, 0.2) is 48.5 Å². The smallest absolute Gasteiger partial charge is 1.00 e. The maximum Gasteiger partial charge on any atom is -1.00 e. The molecule has 0 atom stereocenters. The van der Waals surface area contributed by atoms with E-state index in [1.165, 1.54) is 0 Å². The van der Waals surface area contributed by atoms with E-state index >= 15 is 0 Å². The Morgan fingerprint density at radius 2 is 1.58 bits per heavy atom. The molecule has 2 rings (SSSR count). The zero-order chi connectivity index (χ0) is 19.1. The van der Waals surface area contributed by atoms with Gasteiger partial charge in [-0.25, -0.2) is 0 Å². The molecular formula is C16H17F6NO2P-. The standard InChI is InChI=1S/C16H17NO2.F5P.FH/c1-3-19-15-11-14(10-9-12(15)2)17-16(18)13-7-5-4-6-8-13;1-6(2,3,4)5;/h4-11H,3H2,1-2H3,(H,17,18);;1H/p-1. The molecular weight excluding hydrogens is 383 g/mol. The van der Waals surface area contributed by atoms with Crippen molar-refractivity contribution in [3.63, 3.8) is 0 Å². The average Bonchev–Trinajstić information content (AvgIpc) is 2.49. The van der Waals surface area contributed by atoms with Crippen molar-refractivity contribution in [3.8, 4) is 5.75 Å². The number of anilines is 1. The summed E-state index contributed by atoms with van der Waals surface area (Å²) in [5, 5.41) is 2.87. The molecule has 0 saturated heterocycles. The molecule has 2 aromatic rings. The third-order valence-corrected chi connectivity index (χ3v) is 2.78. The third-order valence-electron chi connectivity index (χ3n) is 2.78. The molecule has 0 spiro atoms. The van der Waals surface area contributed by atoms with Crippen molar-refractivity contribution in [1.29, 1.82) is 0 Å². The Morgan fingerprint density at radius 3 is 2.08 bits per heavy atom. The van der Waals surface area contributed by atoms with Crippen LogP contribution in [0.2, 0.25) is 0 Å². The third kappa shape index (κ3) is 10.6. The first kappa shape index (κ1) is 23.7. The summed E-state index contributed by atoms with van der Waals surface area (Å²) in [5.74, 6) is 0.681. The molecule has 2 aromatic carbocycles. The van der Waals surface area contributed by atoms with Gasteiger partial charge in [-0.15, -0.1) is 0 Å². The molecule has 0 unspecified atom stereocenters. The number of amides is 1. The van der Waals surface area contributed by atoms with Crippen molar-refractivity contribution in [2.24, 2.45) is 0 Å². The van der Waals surface area contributed by atoms with Gasteiger partial charge in [0.15, 0.2) is 0 Å². The molecule has 1 amide bonds. The first-order valence-corrected chi connectivity index (χ1v) is 8.84. The Labute approximate surface area is 147 Å². The van der Waals surface area contributed by atoms with Gasteiger partial charge in [0.05, 0.1) is 6.61 Å². The van der Waals surface area contributed by atoms with Gasteiger partial charge in [0.25, 0.3) is 5.91 Å². The minimum Gasteiger partial charge on any atom is -1.00 e. The molecule has 1 N–H and O–H groups in total. The zero-order valence-electron chi connectivity index (χ0n) is 13.9. The van der Waals surface area contributed by atoms with E-state index in [2.05, 4.69) is 5.32 Å². The number of hydrogen-bond donors (Lipinski definition) is 1. The van der Waals surface area contributed by atoms with Gasteiger partial charge in [0.2, 0.25) is 0 Å². The van der Waals surface area contributed by atoms with Gasteiger partial charge in [-0.3, -0.25) is 4.79 Å². The van der Waals surface area contributed by atoms with Crippen LogP contribution in [0, 0.1) is 6.92 Å². The molecule has 3 nitrogen and oxygen atoms in total. The second-order valence-corrected chi connectivity index (χ2v) is 6.15. The van der Waals surface area contributed by atoms with Crippen molar-refractivity contribution >= 4 is 19.8 Å². The summed E-state index contributed by atoms with van der Waals surface area (Å²) in [4.78, 5) is 12.0. The van der Waals surface area contributed by atoms with Gasteiger partial charge in [0, 0.05) is 17.3 Å². The SMILES string of the molecule is CCOc1cc(NC(=O)c2ccccc2)ccc1C.FP(F)(F)(F)F.[F-]. The number of aryl methyl sites for hydroxylation is 1. The number of hydrogen-bond acceptors (Lipinski definition) is 2. The molecule has 0 bridgehead atoms. The van der Waals surface area contributed by atoms with E-state index in [9.17, 15) is 25.8 Å². The predicted molar refractivity (Wildman–Crippen MR) is 89.2 cm³/mol. The Hall–Kier alpha value is -2.28. The second kappa shape index (κ2) is 9.43. The number of rotatable bonds is 4. The summed E-state index contributed by atoms with van der Waals surface area (Å²) in [6, 6.07) is 14.8. The number of carbonyl (C=O) groups is 1. The van der Waals surface area contributed by atoms with Crippen molar-refractivity contribution in [1.82, 2.24) is 0 Å². The van der Waals surface area contributed by atoms with E-state index in [1.807, 2.05) is 50.2 Å². The van der Waals surface area contributed by atoms with E-state index in [4.69, 9.17) is 4.74 Å². The van der Waals surface area contributed by atoms with Gasteiger partial charge in [0.1, 0.15) is 5.75 Å². The van der Waals surface area contributed by atoms with E-state index < -0.39 is 8.16 Å². The molecule has 0 heterocycles. The molecule has 0 aromatic heterocycles. The Balaban J connectivity index is 0.000000777. The largest absolute Gasteiger partial charge is 1.00 e. The summed E-state index contributed by atoms with van der Waals surface area (Å²) >= 11 is 0. The Kier molecular flexibility index (Phi) is 8.60. The molecule has 0 aliphatic rings. The summed E-state index contributed by atoms with van der Waals surface area (Å²) in [6.07, 6.45) is 0. The summed E-state index contributed by atoms with van der Waals surface area (Å²) in [5.41, 5.74) is 2.43. The maximum absolute atomic E-state index is 12.0. The Morgan fingerprint density at radius 1 is 1.04 bits per heavy atom. The molecule has 26 heavy (non-hydrogen) atoms. The molecule has 0 aliphatic carbocycles. The van der Waals surface area contributed by atoms with Gasteiger partial charge < -0.3 is 14.8 Å². The fourth-order valence-electron chi connectivity index (χ4n) is 1.78. The maximum atomic E-state index is 12.0. The minimum atomic E-state index is -8.55. The van der Waals surface area contributed by atoms with Crippen molar-refractivity contribution in [2.75, 3.05) is 11.9 Å². The van der Waals surface area contributed by atoms with Gasteiger partial charge in [-0.05, 0) is 37.6 Å². The predicted octanol–water partition coefficient (Wildman–Crippen LogP) is 3.61. The topological polar surface area (TPSA) is 38.3 Å². The number of nitrogens with one attached hydrogen (secondary N) is 1. The van der Waals surface area contributed by atoms with Crippen LogP contribution >= 0.6 is 8.16 Å². The second-order valence-electron chi connectivity index (χ2n) is 4.87. The van der Waals surface area contributed by atoms with E-state index in [0.717, 1.165) is 17.0 Å². The van der Waals surface area contributed by atoms with Crippen molar-refractivity contribution < 1.29 is 35.2 Å². The first-order chi connectivity index (χ1) is 11.4. The van der Waals surface area contributed by atoms with Crippen molar-refractivity contribution in [2.45, 2.75) is 13.8 Å². The molecule has 146 valence electrons. The van der Waals surface area contributed by atoms with Gasteiger partial charge in [-0.1, -0.05) is 24.3 Å². The van der Waals surface area contributed by atoms with E-state index in [-0.39, 0.29) is 10.6 Å². The van der Waals surface area contributed by atoms with Gasteiger partial charge >= 0.3 is 29.1 Å². The number of carbonyl (C=O) groups excluding carboxylic acids is 1. The van der Waals surface area contributed by atoms with Gasteiger partial charge in [-0.2, -0.15) is 0 Å². The van der Waals surface area contributed by atoms with E-state index in [1.54, 1.807) is 12.1 Å². The fraction of sp³-hybridized carbons (Fsp3) is 0.188. The van der Waals surface area contributed by atoms with Crippen LogP contribution in [0.25, 0.3) is 0 Å². The summed E-state index contributed by atoms with van der Waals surface area (Å²) < 4.78 is 54.7. The monoisotopic (exact) mass is 400 g/mol. The molecule has 0 saturated carbocycles.